The van der Waals surface area contributed by atoms with E-state index in [2.05, 4.69) is 20.3 Å². The third-order valence-electron chi connectivity index (χ3n) is 2.99. The van der Waals surface area contributed by atoms with Crippen LogP contribution in [0.2, 0.25) is 5.02 Å². The molecule has 2 aromatic heterocycles. The van der Waals surface area contributed by atoms with Gasteiger partial charge in [-0.1, -0.05) is 11.6 Å². The molecular formula is C14H11ClN4O2. The van der Waals surface area contributed by atoms with Gasteiger partial charge in [-0.25, -0.2) is 9.97 Å². The number of hydrogen-bond acceptors (Lipinski definition) is 4. The number of aliphatic hydroxyl groups excluding tert-OH is 1. The molecule has 0 saturated heterocycles. The summed E-state index contributed by atoms with van der Waals surface area (Å²) in [6.45, 7) is -0.194. The molecule has 0 bridgehead atoms. The molecular weight excluding hydrogens is 292 g/mol. The first-order chi connectivity index (χ1) is 10.2. The van der Waals surface area contributed by atoms with Crippen LogP contribution in [-0.2, 0) is 6.61 Å². The standard InChI is InChI=1S/C14H11ClN4O2/c15-10-2-1-9(5-8(10)6-20)18-14(21)12-4-3-11-13(19-12)17-7-16-11/h1-5,7,20H,6H2,(H,18,21)(H,16,17,19). The molecule has 6 nitrogen and oxygen atoms in total. The van der Waals surface area contributed by atoms with Gasteiger partial charge in [0.1, 0.15) is 5.69 Å². The third kappa shape index (κ3) is 2.72. The lowest BCUT2D eigenvalue weighted by atomic mass is 10.2. The highest BCUT2D eigenvalue weighted by Crippen LogP contribution is 2.21. The number of aromatic amines is 1. The summed E-state index contributed by atoms with van der Waals surface area (Å²) in [5, 5.41) is 12.3. The molecule has 1 amide bonds. The maximum atomic E-state index is 12.2. The lowest BCUT2D eigenvalue weighted by molar-refractivity contribution is 0.102. The number of nitrogens with one attached hydrogen (secondary N) is 2. The van der Waals surface area contributed by atoms with Crippen LogP contribution in [0.25, 0.3) is 11.2 Å². The molecule has 7 heteroatoms. The van der Waals surface area contributed by atoms with Crippen LogP contribution in [-0.4, -0.2) is 26.0 Å². The van der Waals surface area contributed by atoms with Gasteiger partial charge in [0.15, 0.2) is 5.65 Å². The number of carbonyl (C=O) groups excluding carboxylic acids is 1. The molecule has 0 aliphatic carbocycles. The molecule has 0 unspecified atom stereocenters. The number of aliphatic hydroxyl groups is 1. The number of anilines is 1. The highest BCUT2D eigenvalue weighted by Gasteiger charge is 2.10. The first-order valence-corrected chi connectivity index (χ1v) is 6.56. The van der Waals surface area contributed by atoms with Crippen LogP contribution in [0.15, 0.2) is 36.7 Å². The Morgan fingerprint density at radius 2 is 2.19 bits per heavy atom. The predicted molar refractivity (Wildman–Crippen MR) is 79.2 cm³/mol. The number of imidazole rings is 1. The Morgan fingerprint density at radius 1 is 1.33 bits per heavy atom. The van der Waals surface area contributed by atoms with E-state index in [9.17, 15) is 4.79 Å². The molecule has 0 spiro atoms. The van der Waals surface area contributed by atoms with Gasteiger partial charge in [-0.2, -0.15) is 0 Å². The van der Waals surface area contributed by atoms with Gasteiger partial charge in [-0.05, 0) is 35.9 Å². The molecule has 106 valence electrons. The number of aromatic nitrogens is 3. The average molecular weight is 303 g/mol. The van der Waals surface area contributed by atoms with Gasteiger partial charge in [0.25, 0.3) is 5.91 Å². The monoisotopic (exact) mass is 302 g/mol. The van der Waals surface area contributed by atoms with Gasteiger partial charge in [0, 0.05) is 10.7 Å². The normalized spacial score (nSPS) is 10.8. The fourth-order valence-corrected chi connectivity index (χ4v) is 2.09. The van der Waals surface area contributed by atoms with Gasteiger partial charge < -0.3 is 15.4 Å². The van der Waals surface area contributed by atoms with E-state index in [1.165, 1.54) is 6.33 Å². The molecule has 0 atom stereocenters. The molecule has 2 heterocycles. The first-order valence-electron chi connectivity index (χ1n) is 6.18. The minimum atomic E-state index is -0.355. The van der Waals surface area contributed by atoms with Crippen molar-refractivity contribution in [2.75, 3.05) is 5.32 Å². The Kier molecular flexibility index (Phi) is 3.55. The van der Waals surface area contributed by atoms with Crippen LogP contribution < -0.4 is 5.32 Å². The van der Waals surface area contributed by atoms with E-state index in [0.717, 1.165) is 5.52 Å². The van der Waals surface area contributed by atoms with E-state index >= 15 is 0 Å². The second-order valence-corrected chi connectivity index (χ2v) is 4.80. The lowest BCUT2D eigenvalue weighted by Crippen LogP contribution is -2.13. The van der Waals surface area contributed by atoms with E-state index in [0.29, 0.717) is 21.9 Å². The van der Waals surface area contributed by atoms with Crippen LogP contribution in [0.4, 0.5) is 5.69 Å². The van der Waals surface area contributed by atoms with Crippen molar-refractivity contribution in [2.24, 2.45) is 0 Å². The SMILES string of the molecule is O=C(Nc1ccc(Cl)c(CO)c1)c1ccc2[nH]cnc2n1. The Labute approximate surface area is 124 Å². The summed E-state index contributed by atoms with van der Waals surface area (Å²) >= 11 is 5.91. The van der Waals surface area contributed by atoms with Crippen LogP contribution >= 0.6 is 11.6 Å². The number of H-pyrrole nitrogens is 1. The Balaban J connectivity index is 1.85. The van der Waals surface area contributed by atoms with E-state index in [1.54, 1.807) is 30.3 Å². The summed E-state index contributed by atoms with van der Waals surface area (Å²) in [7, 11) is 0. The summed E-state index contributed by atoms with van der Waals surface area (Å²) in [5.41, 5.74) is 2.59. The summed E-state index contributed by atoms with van der Waals surface area (Å²) in [6.07, 6.45) is 1.52. The smallest absolute Gasteiger partial charge is 0.274 e. The number of halogens is 1. The van der Waals surface area contributed by atoms with Gasteiger partial charge >= 0.3 is 0 Å². The van der Waals surface area contributed by atoms with Crippen molar-refractivity contribution in [3.8, 4) is 0 Å². The zero-order valence-electron chi connectivity index (χ0n) is 10.8. The molecule has 1 aromatic carbocycles. The lowest BCUT2D eigenvalue weighted by Gasteiger charge is -2.07. The molecule has 21 heavy (non-hydrogen) atoms. The van der Waals surface area contributed by atoms with Crippen LogP contribution in [0.3, 0.4) is 0 Å². The molecule has 0 aliphatic heterocycles. The number of carbonyl (C=O) groups is 1. The zero-order chi connectivity index (χ0) is 14.8. The number of hydrogen-bond donors (Lipinski definition) is 3. The Hall–Kier alpha value is -2.44. The maximum absolute atomic E-state index is 12.2. The summed E-state index contributed by atoms with van der Waals surface area (Å²) in [4.78, 5) is 23.2. The summed E-state index contributed by atoms with van der Waals surface area (Å²) < 4.78 is 0. The average Bonchev–Trinajstić information content (AvgIpc) is 2.96. The molecule has 3 N–H and O–H groups in total. The van der Waals surface area contributed by atoms with E-state index < -0.39 is 0 Å². The zero-order valence-corrected chi connectivity index (χ0v) is 11.6. The van der Waals surface area contributed by atoms with Crippen LogP contribution in [0.5, 0.6) is 0 Å². The van der Waals surface area contributed by atoms with Crippen molar-refractivity contribution in [1.82, 2.24) is 15.0 Å². The second kappa shape index (κ2) is 5.51. The molecule has 0 aliphatic rings. The van der Waals surface area contributed by atoms with Gasteiger partial charge in [-0.3, -0.25) is 4.79 Å². The fourth-order valence-electron chi connectivity index (χ4n) is 1.92. The van der Waals surface area contributed by atoms with Crippen LogP contribution in [0.1, 0.15) is 16.1 Å². The number of nitrogens with zero attached hydrogens (tertiary/aromatic N) is 2. The maximum Gasteiger partial charge on any atom is 0.274 e. The van der Waals surface area contributed by atoms with Crippen molar-refractivity contribution < 1.29 is 9.90 Å². The highest BCUT2D eigenvalue weighted by molar-refractivity contribution is 6.31. The minimum Gasteiger partial charge on any atom is -0.392 e. The van der Waals surface area contributed by atoms with E-state index in [-0.39, 0.29) is 18.2 Å². The Bertz CT molecular complexity index is 816. The number of pyridine rings is 1. The van der Waals surface area contributed by atoms with Gasteiger partial charge in [-0.15, -0.1) is 0 Å². The third-order valence-corrected chi connectivity index (χ3v) is 3.36. The molecule has 0 fully saturated rings. The van der Waals surface area contributed by atoms with Crippen molar-refractivity contribution in [3.63, 3.8) is 0 Å². The fraction of sp³-hybridized carbons (Fsp3) is 0.0714. The van der Waals surface area contributed by atoms with E-state index in [1.807, 2.05) is 0 Å². The van der Waals surface area contributed by atoms with Crippen molar-refractivity contribution in [1.29, 1.82) is 0 Å². The largest absolute Gasteiger partial charge is 0.392 e. The Morgan fingerprint density at radius 3 is 3.00 bits per heavy atom. The topological polar surface area (TPSA) is 90.9 Å². The predicted octanol–water partition coefficient (Wildman–Crippen LogP) is 2.36. The quantitative estimate of drug-likeness (QED) is 0.692. The van der Waals surface area contributed by atoms with E-state index in [4.69, 9.17) is 16.7 Å². The van der Waals surface area contributed by atoms with Crippen LogP contribution in [0, 0.1) is 0 Å². The number of fused-ring (bicyclic) bond motifs is 1. The first kappa shape index (κ1) is 13.5. The molecule has 3 rings (SSSR count). The van der Waals surface area contributed by atoms with Gasteiger partial charge in [0.05, 0.1) is 18.5 Å². The number of amides is 1. The highest BCUT2D eigenvalue weighted by atomic mass is 35.5. The second-order valence-electron chi connectivity index (χ2n) is 4.39. The van der Waals surface area contributed by atoms with Crippen molar-refractivity contribution in [3.05, 3.63) is 52.9 Å². The van der Waals surface area contributed by atoms with Crippen molar-refractivity contribution in [2.45, 2.75) is 6.61 Å². The van der Waals surface area contributed by atoms with Crippen molar-refractivity contribution >= 4 is 34.4 Å². The molecule has 0 saturated carbocycles. The van der Waals surface area contributed by atoms with Gasteiger partial charge in [0.2, 0.25) is 0 Å². The minimum absolute atomic E-state index is 0.194. The molecule has 0 radical (unpaired) electrons. The molecule has 3 aromatic rings. The number of rotatable bonds is 3. The number of benzene rings is 1. The summed E-state index contributed by atoms with van der Waals surface area (Å²) in [5.74, 6) is -0.355. The summed E-state index contributed by atoms with van der Waals surface area (Å²) in [6, 6.07) is 8.25.